The quantitative estimate of drug-likeness (QED) is 0.544. The summed E-state index contributed by atoms with van der Waals surface area (Å²) in [6.45, 7) is 3.95. The van der Waals surface area contributed by atoms with E-state index in [0.29, 0.717) is 12.3 Å². The molecule has 0 aliphatic carbocycles. The number of rotatable bonds is 4. The molecule has 0 aliphatic rings. The van der Waals surface area contributed by atoms with Crippen LogP contribution in [0.5, 0.6) is 0 Å². The van der Waals surface area contributed by atoms with Gasteiger partial charge in [0, 0.05) is 0 Å². The van der Waals surface area contributed by atoms with Crippen LogP contribution >= 0.6 is 0 Å². The van der Waals surface area contributed by atoms with Crippen LogP contribution in [0.2, 0.25) is 0 Å². The molecule has 0 aromatic carbocycles. The molecular formula is C6H12NO2. The van der Waals surface area contributed by atoms with E-state index in [1.54, 1.807) is 6.29 Å². The van der Waals surface area contributed by atoms with Crippen molar-refractivity contribution in [2.45, 2.75) is 26.3 Å². The standard InChI is InChI=1S/C6H12NO2/c1-5(2)3-6(4-8)7-9/h5-7,9H,3H2,1-2H3/t6-/m0/s1. The minimum Gasteiger partial charge on any atom is -0.316 e. The summed E-state index contributed by atoms with van der Waals surface area (Å²) in [5.74, 6) is 0.399. The van der Waals surface area contributed by atoms with Crippen molar-refractivity contribution >= 4 is 6.29 Å². The molecule has 1 atom stereocenters. The highest BCUT2D eigenvalue weighted by Crippen LogP contribution is 2.01. The molecule has 0 heterocycles. The Kier molecular flexibility index (Phi) is 4.26. The van der Waals surface area contributed by atoms with Gasteiger partial charge in [-0.3, -0.25) is 4.79 Å². The van der Waals surface area contributed by atoms with Gasteiger partial charge in [-0.2, -0.15) is 5.48 Å². The highest BCUT2D eigenvalue weighted by Gasteiger charge is 2.07. The summed E-state index contributed by atoms with van der Waals surface area (Å²) in [4.78, 5) is 9.92. The Hall–Kier alpha value is -0.410. The smallest absolute Gasteiger partial charge is 0.219 e. The Morgan fingerprint density at radius 3 is 2.33 bits per heavy atom. The third kappa shape index (κ3) is 4.12. The van der Waals surface area contributed by atoms with Crippen LogP contribution in [-0.2, 0) is 4.79 Å². The van der Waals surface area contributed by atoms with Crippen molar-refractivity contribution in [3.8, 4) is 0 Å². The number of nitrogens with one attached hydrogen (secondary N) is 1. The maximum atomic E-state index is 9.92. The molecule has 0 aliphatic heterocycles. The van der Waals surface area contributed by atoms with Gasteiger partial charge in [0.15, 0.2) is 0 Å². The first-order valence-corrected chi connectivity index (χ1v) is 2.98. The molecule has 0 fully saturated rings. The van der Waals surface area contributed by atoms with Gasteiger partial charge in [0.1, 0.15) is 0 Å². The minimum atomic E-state index is -0.523. The zero-order valence-corrected chi connectivity index (χ0v) is 5.72. The second-order valence-corrected chi connectivity index (χ2v) is 2.43. The molecule has 0 saturated carbocycles. The second kappa shape index (κ2) is 4.47. The average molecular weight is 130 g/mol. The summed E-state index contributed by atoms with van der Waals surface area (Å²) in [6, 6.07) is -0.523. The van der Waals surface area contributed by atoms with E-state index in [9.17, 15) is 4.79 Å². The van der Waals surface area contributed by atoms with Gasteiger partial charge in [0.25, 0.3) is 0 Å². The van der Waals surface area contributed by atoms with Gasteiger partial charge in [-0.1, -0.05) is 13.8 Å². The lowest BCUT2D eigenvalue weighted by Gasteiger charge is -2.08. The molecule has 0 aromatic heterocycles. The van der Waals surface area contributed by atoms with Crippen molar-refractivity contribution in [3.63, 3.8) is 0 Å². The molecule has 1 radical (unpaired) electrons. The fraction of sp³-hybridized carbons (Fsp3) is 0.833. The van der Waals surface area contributed by atoms with Crippen molar-refractivity contribution in [2.24, 2.45) is 5.92 Å². The molecule has 2 N–H and O–H groups in total. The van der Waals surface area contributed by atoms with Gasteiger partial charge < -0.3 is 5.21 Å². The highest BCUT2D eigenvalue weighted by molar-refractivity contribution is 5.57. The zero-order valence-electron chi connectivity index (χ0n) is 5.72. The predicted octanol–water partition coefficient (Wildman–Crippen LogP) is 0.490. The topological polar surface area (TPSA) is 49.3 Å². The summed E-state index contributed by atoms with van der Waals surface area (Å²) in [5, 5.41) is 8.26. The van der Waals surface area contributed by atoms with E-state index in [2.05, 4.69) is 0 Å². The van der Waals surface area contributed by atoms with Crippen LogP contribution in [0.25, 0.3) is 0 Å². The Bertz CT molecular complexity index is 83.1. The van der Waals surface area contributed by atoms with E-state index >= 15 is 0 Å². The molecule has 0 spiro atoms. The molecular weight excluding hydrogens is 118 g/mol. The number of hydrogen-bond acceptors (Lipinski definition) is 3. The Labute approximate surface area is 55.0 Å². The lowest BCUT2D eigenvalue weighted by molar-refractivity contribution is 0.139. The van der Waals surface area contributed by atoms with Crippen molar-refractivity contribution in [3.05, 3.63) is 0 Å². The van der Waals surface area contributed by atoms with Crippen molar-refractivity contribution in [2.75, 3.05) is 0 Å². The van der Waals surface area contributed by atoms with Crippen molar-refractivity contribution in [1.29, 1.82) is 0 Å². The van der Waals surface area contributed by atoms with Gasteiger partial charge >= 0.3 is 0 Å². The highest BCUT2D eigenvalue weighted by atomic mass is 16.5. The monoisotopic (exact) mass is 130 g/mol. The van der Waals surface area contributed by atoms with E-state index in [4.69, 9.17) is 5.21 Å². The third-order valence-corrected chi connectivity index (χ3v) is 1.01. The SMILES string of the molecule is CC(C)C[C@@H]([C]=O)NO. The van der Waals surface area contributed by atoms with Crippen LogP contribution in [0.3, 0.4) is 0 Å². The Morgan fingerprint density at radius 2 is 2.22 bits per heavy atom. The molecule has 0 amide bonds. The lowest BCUT2D eigenvalue weighted by atomic mass is 10.1. The van der Waals surface area contributed by atoms with Crippen LogP contribution in [0, 0.1) is 5.92 Å². The third-order valence-electron chi connectivity index (χ3n) is 1.01. The minimum absolute atomic E-state index is 0.399. The largest absolute Gasteiger partial charge is 0.316 e. The predicted molar refractivity (Wildman–Crippen MR) is 33.9 cm³/mol. The maximum Gasteiger partial charge on any atom is 0.219 e. The van der Waals surface area contributed by atoms with E-state index < -0.39 is 6.04 Å². The number of carbonyl (C=O) groups excluding carboxylic acids is 1. The summed E-state index contributed by atoms with van der Waals surface area (Å²) in [7, 11) is 0. The molecule has 0 unspecified atom stereocenters. The van der Waals surface area contributed by atoms with Crippen LogP contribution in [0.15, 0.2) is 0 Å². The fourth-order valence-corrected chi connectivity index (χ4v) is 0.599. The van der Waals surface area contributed by atoms with Gasteiger partial charge in [-0.25, -0.2) is 0 Å². The fourth-order valence-electron chi connectivity index (χ4n) is 0.599. The van der Waals surface area contributed by atoms with Crippen molar-refractivity contribution in [1.82, 2.24) is 5.48 Å². The van der Waals surface area contributed by atoms with Crippen molar-refractivity contribution < 1.29 is 10.0 Å². The van der Waals surface area contributed by atoms with Crippen LogP contribution in [0.1, 0.15) is 20.3 Å². The van der Waals surface area contributed by atoms with E-state index in [0.717, 1.165) is 0 Å². The van der Waals surface area contributed by atoms with Gasteiger partial charge in [0.2, 0.25) is 6.29 Å². The summed E-state index contributed by atoms with van der Waals surface area (Å²) >= 11 is 0. The average Bonchev–Trinajstić information content (AvgIpc) is 1.82. The van der Waals surface area contributed by atoms with E-state index in [1.807, 2.05) is 19.3 Å². The molecule has 3 heteroatoms. The van der Waals surface area contributed by atoms with Gasteiger partial charge in [-0.15, -0.1) is 0 Å². The molecule has 9 heavy (non-hydrogen) atoms. The molecule has 0 saturated heterocycles. The van der Waals surface area contributed by atoms with Crippen LogP contribution in [0.4, 0.5) is 0 Å². The molecule has 53 valence electrons. The van der Waals surface area contributed by atoms with Crippen LogP contribution in [-0.4, -0.2) is 17.5 Å². The number of hydrogen-bond donors (Lipinski definition) is 2. The molecule has 0 bridgehead atoms. The molecule has 0 rings (SSSR count). The maximum absolute atomic E-state index is 9.92. The second-order valence-electron chi connectivity index (χ2n) is 2.43. The summed E-state index contributed by atoms with van der Waals surface area (Å²) in [5.41, 5.74) is 1.86. The van der Waals surface area contributed by atoms with Crippen LogP contribution < -0.4 is 5.48 Å². The normalized spacial score (nSPS) is 13.8. The zero-order chi connectivity index (χ0) is 7.28. The Balaban J connectivity index is 3.42. The van der Waals surface area contributed by atoms with Gasteiger partial charge in [0.05, 0.1) is 6.04 Å². The molecule has 0 aromatic rings. The first-order chi connectivity index (χ1) is 4.20. The summed E-state index contributed by atoms with van der Waals surface area (Å²) in [6.07, 6.45) is 2.30. The van der Waals surface area contributed by atoms with Gasteiger partial charge in [-0.05, 0) is 12.3 Å². The molecule has 3 nitrogen and oxygen atoms in total. The first-order valence-electron chi connectivity index (χ1n) is 2.98. The number of hydroxylamine groups is 1. The Morgan fingerprint density at radius 1 is 1.67 bits per heavy atom. The first kappa shape index (κ1) is 8.59. The summed E-state index contributed by atoms with van der Waals surface area (Å²) < 4.78 is 0. The van der Waals surface area contributed by atoms with E-state index in [1.165, 1.54) is 0 Å². The van der Waals surface area contributed by atoms with E-state index in [-0.39, 0.29) is 0 Å². The lowest BCUT2D eigenvalue weighted by Crippen LogP contribution is -2.28.